The summed E-state index contributed by atoms with van der Waals surface area (Å²) >= 11 is 0. The molecule has 0 aliphatic heterocycles. The molecule has 0 aliphatic rings. The van der Waals surface area contributed by atoms with Crippen molar-refractivity contribution < 1.29 is 4.84 Å². The lowest BCUT2D eigenvalue weighted by molar-refractivity contribution is 0.113. The van der Waals surface area contributed by atoms with Gasteiger partial charge in [0.25, 0.3) is 0 Å². The van der Waals surface area contributed by atoms with Crippen LogP contribution in [0.2, 0.25) is 0 Å². The topological polar surface area (TPSA) is 27.1 Å². The summed E-state index contributed by atoms with van der Waals surface area (Å²) in [5.74, 6) is 0. The van der Waals surface area contributed by atoms with E-state index in [-0.39, 0.29) is 0 Å². The molecule has 0 amide bonds. The van der Waals surface area contributed by atoms with Crippen LogP contribution in [-0.4, -0.2) is 16.3 Å². The van der Waals surface area contributed by atoms with Crippen LogP contribution in [0.3, 0.4) is 0 Å². The van der Waals surface area contributed by atoms with Crippen LogP contribution >= 0.6 is 0 Å². The predicted molar refractivity (Wildman–Crippen MR) is 43.2 cm³/mol. The van der Waals surface area contributed by atoms with Gasteiger partial charge < -0.3 is 4.84 Å². The number of nitrogens with zero attached hydrogens (tertiary/aromatic N) is 2. The molecule has 3 nitrogen and oxygen atoms in total. The van der Waals surface area contributed by atoms with Crippen molar-refractivity contribution >= 4 is 0 Å². The minimum absolute atomic E-state index is 0.652. The van der Waals surface area contributed by atoms with Gasteiger partial charge >= 0.3 is 0 Å². The van der Waals surface area contributed by atoms with Gasteiger partial charge in [-0.3, -0.25) is 0 Å². The molecule has 60 valence electrons. The Bertz CT molecular complexity index is 230. The molecule has 1 aromatic heterocycles. The fraction of sp³-hybridized carbons (Fsp3) is 0.375. The molecule has 0 saturated heterocycles. The summed E-state index contributed by atoms with van der Waals surface area (Å²) in [5.41, 5.74) is 0.962. The van der Waals surface area contributed by atoms with E-state index in [4.69, 9.17) is 4.84 Å². The van der Waals surface area contributed by atoms with Crippen molar-refractivity contribution in [2.75, 3.05) is 6.61 Å². The minimum Gasteiger partial charge on any atom is -0.413 e. The lowest BCUT2D eigenvalue weighted by Crippen LogP contribution is -2.09. The second kappa shape index (κ2) is 3.81. The Morgan fingerprint density at radius 1 is 1.82 bits per heavy atom. The van der Waals surface area contributed by atoms with Crippen molar-refractivity contribution in [1.82, 2.24) is 9.71 Å². The third kappa shape index (κ3) is 2.45. The van der Waals surface area contributed by atoms with Crippen molar-refractivity contribution in [1.29, 1.82) is 0 Å². The number of hydrogen-bond acceptors (Lipinski definition) is 2. The molecule has 1 aromatic rings. The van der Waals surface area contributed by atoms with E-state index in [0.29, 0.717) is 6.61 Å². The molecule has 0 radical (unpaired) electrons. The molecule has 0 atom stereocenters. The summed E-state index contributed by atoms with van der Waals surface area (Å²) in [5, 5.41) is 0. The number of hydrogen-bond donors (Lipinski definition) is 0. The zero-order valence-electron chi connectivity index (χ0n) is 6.66. The summed E-state index contributed by atoms with van der Waals surface area (Å²) in [4.78, 5) is 9.26. The average molecular weight is 152 g/mol. The Balaban J connectivity index is 2.32. The summed E-state index contributed by atoms with van der Waals surface area (Å²) in [7, 11) is 0. The highest BCUT2D eigenvalue weighted by molar-refractivity contribution is 4.90. The first-order chi connectivity index (χ1) is 5.33. The van der Waals surface area contributed by atoms with Gasteiger partial charge in [-0.1, -0.05) is 6.08 Å². The molecule has 0 N–H and O–H groups in total. The quantitative estimate of drug-likeness (QED) is 0.478. The van der Waals surface area contributed by atoms with Crippen molar-refractivity contribution in [2.24, 2.45) is 0 Å². The molecule has 0 aromatic carbocycles. The molecular weight excluding hydrogens is 140 g/mol. The van der Waals surface area contributed by atoms with E-state index < -0.39 is 0 Å². The number of rotatable bonds is 4. The van der Waals surface area contributed by atoms with Crippen LogP contribution < -0.4 is 4.84 Å². The Hall–Kier alpha value is -1.25. The van der Waals surface area contributed by atoms with Crippen LogP contribution in [0.5, 0.6) is 0 Å². The van der Waals surface area contributed by atoms with Gasteiger partial charge in [0.15, 0.2) is 0 Å². The molecule has 0 aliphatic carbocycles. The van der Waals surface area contributed by atoms with Crippen molar-refractivity contribution in [3.8, 4) is 0 Å². The zero-order valence-corrected chi connectivity index (χ0v) is 6.66. The Kier molecular flexibility index (Phi) is 2.72. The third-order valence-electron chi connectivity index (χ3n) is 1.25. The standard InChI is InChI=1S/C8H12N2O/c1-3-4-5-11-10-6-8(2)9-7-10/h3,6-7H,1,4-5H2,2H3. The SMILES string of the molecule is C=CCCOn1cnc(C)c1. The molecule has 0 unspecified atom stereocenters. The molecule has 0 saturated carbocycles. The number of aromatic nitrogens is 2. The Labute approximate surface area is 66.3 Å². The lowest BCUT2D eigenvalue weighted by atomic mass is 10.5. The second-order valence-electron chi connectivity index (χ2n) is 2.29. The van der Waals surface area contributed by atoms with E-state index in [2.05, 4.69) is 11.6 Å². The summed E-state index contributed by atoms with van der Waals surface area (Å²) in [6.07, 6.45) is 6.17. The van der Waals surface area contributed by atoms with E-state index in [1.165, 1.54) is 0 Å². The van der Waals surface area contributed by atoms with E-state index in [0.717, 1.165) is 12.1 Å². The summed E-state index contributed by atoms with van der Waals surface area (Å²) < 4.78 is 1.61. The van der Waals surface area contributed by atoms with E-state index in [9.17, 15) is 0 Å². The summed E-state index contributed by atoms with van der Waals surface area (Å²) in [6, 6.07) is 0. The lowest BCUT2D eigenvalue weighted by Gasteiger charge is -2.01. The maximum Gasteiger partial charge on any atom is 0.132 e. The van der Waals surface area contributed by atoms with Gasteiger partial charge in [-0.25, -0.2) is 4.98 Å². The largest absolute Gasteiger partial charge is 0.413 e. The number of aryl methyl sites for hydroxylation is 1. The molecule has 0 spiro atoms. The van der Waals surface area contributed by atoms with Crippen LogP contribution in [0.4, 0.5) is 0 Å². The van der Waals surface area contributed by atoms with Crippen molar-refractivity contribution in [2.45, 2.75) is 13.3 Å². The van der Waals surface area contributed by atoms with E-state index >= 15 is 0 Å². The average Bonchev–Trinajstić information content (AvgIpc) is 2.37. The van der Waals surface area contributed by atoms with Gasteiger partial charge in [0.2, 0.25) is 0 Å². The van der Waals surface area contributed by atoms with Crippen LogP contribution in [0.25, 0.3) is 0 Å². The molecule has 0 bridgehead atoms. The van der Waals surface area contributed by atoms with Crippen LogP contribution in [0, 0.1) is 6.92 Å². The van der Waals surface area contributed by atoms with Gasteiger partial charge in [0.1, 0.15) is 12.9 Å². The van der Waals surface area contributed by atoms with Gasteiger partial charge in [-0.15, -0.1) is 6.58 Å². The van der Waals surface area contributed by atoms with Gasteiger partial charge in [-0.05, 0) is 6.92 Å². The smallest absolute Gasteiger partial charge is 0.132 e. The molecule has 0 fully saturated rings. The highest BCUT2D eigenvalue weighted by Crippen LogP contribution is 1.90. The number of imidazole rings is 1. The predicted octanol–water partition coefficient (Wildman–Crippen LogP) is 1.20. The highest BCUT2D eigenvalue weighted by atomic mass is 16.7. The highest BCUT2D eigenvalue weighted by Gasteiger charge is 1.90. The Morgan fingerprint density at radius 2 is 2.64 bits per heavy atom. The third-order valence-corrected chi connectivity index (χ3v) is 1.25. The van der Waals surface area contributed by atoms with Crippen molar-refractivity contribution in [3.05, 3.63) is 30.9 Å². The first-order valence-electron chi connectivity index (χ1n) is 3.57. The molecule has 1 rings (SSSR count). The van der Waals surface area contributed by atoms with E-state index in [1.807, 2.05) is 19.2 Å². The van der Waals surface area contributed by atoms with Crippen LogP contribution in [-0.2, 0) is 0 Å². The summed E-state index contributed by atoms with van der Waals surface area (Å²) in [6.45, 7) is 6.17. The maximum absolute atomic E-state index is 5.25. The first kappa shape index (κ1) is 7.85. The minimum atomic E-state index is 0.652. The first-order valence-corrected chi connectivity index (χ1v) is 3.57. The molecule has 3 heteroatoms. The zero-order chi connectivity index (χ0) is 8.10. The maximum atomic E-state index is 5.25. The normalized spacial score (nSPS) is 9.55. The monoisotopic (exact) mass is 152 g/mol. The van der Waals surface area contributed by atoms with Gasteiger partial charge in [0, 0.05) is 6.42 Å². The van der Waals surface area contributed by atoms with Crippen molar-refractivity contribution in [3.63, 3.8) is 0 Å². The molecule has 11 heavy (non-hydrogen) atoms. The van der Waals surface area contributed by atoms with Crippen LogP contribution in [0.1, 0.15) is 12.1 Å². The van der Waals surface area contributed by atoms with Crippen LogP contribution in [0.15, 0.2) is 25.2 Å². The molecule has 1 heterocycles. The fourth-order valence-electron chi connectivity index (χ4n) is 0.711. The second-order valence-corrected chi connectivity index (χ2v) is 2.29. The fourth-order valence-corrected chi connectivity index (χ4v) is 0.711. The van der Waals surface area contributed by atoms with Gasteiger partial charge in [-0.2, -0.15) is 4.73 Å². The molecular formula is C8H12N2O. The van der Waals surface area contributed by atoms with E-state index in [1.54, 1.807) is 11.1 Å². The Morgan fingerprint density at radius 3 is 3.18 bits per heavy atom. The van der Waals surface area contributed by atoms with Gasteiger partial charge in [0.05, 0.1) is 11.9 Å².